The van der Waals surface area contributed by atoms with E-state index in [9.17, 15) is 0 Å². The van der Waals surface area contributed by atoms with Crippen LogP contribution in [0.4, 0.5) is 0 Å². The molecule has 0 atom stereocenters. The van der Waals surface area contributed by atoms with E-state index in [0.717, 1.165) is 26.1 Å². The van der Waals surface area contributed by atoms with Gasteiger partial charge in [0.15, 0.2) is 6.29 Å². The largest absolute Gasteiger partial charge is 0.350 e. The van der Waals surface area contributed by atoms with Gasteiger partial charge in [0.2, 0.25) is 0 Å². The van der Waals surface area contributed by atoms with Crippen LogP contribution in [0.3, 0.4) is 0 Å². The Kier molecular flexibility index (Phi) is 3.70. The van der Waals surface area contributed by atoms with Gasteiger partial charge in [-0.3, -0.25) is 0 Å². The summed E-state index contributed by atoms with van der Waals surface area (Å²) in [7, 11) is -1.14. The predicted molar refractivity (Wildman–Crippen MR) is 57.4 cm³/mol. The molecule has 1 aliphatic rings. The first kappa shape index (κ1) is 11.0. The van der Waals surface area contributed by atoms with Crippen LogP contribution in [0.25, 0.3) is 0 Å². The molecule has 0 aromatic rings. The van der Waals surface area contributed by atoms with Crippen LogP contribution >= 0.6 is 0 Å². The molecule has 2 nitrogen and oxygen atoms in total. The van der Waals surface area contributed by atoms with Gasteiger partial charge in [0, 0.05) is 6.42 Å². The molecule has 3 heteroatoms. The number of allylic oxidation sites excluding steroid dienone is 1. The Balaban J connectivity index is 2.22. The van der Waals surface area contributed by atoms with Gasteiger partial charge in [0.1, 0.15) is 0 Å². The van der Waals surface area contributed by atoms with Gasteiger partial charge in [0.25, 0.3) is 0 Å². The SMILES string of the molecule is C=C(CCC1OCCO1)[Si](C)(C)C. The molecule has 0 spiro atoms. The van der Waals surface area contributed by atoms with Crippen molar-refractivity contribution in [1.29, 1.82) is 0 Å². The van der Waals surface area contributed by atoms with Gasteiger partial charge < -0.3 is 9.47 Å². The minimum atomic E-state index is -1.14. The molecule has 1 saturated heterocycles. The number of hydrogen-bond donors (Lipinski definition) is 0. The van der Waals surface area contributed by atoms with Crippen LogP contribution in [0, 0.1) is 0 Å². The fraction of sp³-hybridized carbons (Fsp3) is 0.800. The minimum Gasteiger partial charge on any atom is -0.350 e. The molecule has 1 heterocycles. The van der Waals surface area contributed by atoms with E-state index in [0.29, 0.717) is 0 Å². The molecule has 0 N–H and O–H groups in total. The summed E-state index contributed by atoms with van der Waals surface area (Å²) in [6.07, 6.45) is 2.07. The van der Waals surface area contributed by atoms with E-state index in [-0.39, 0.29) is 6.29 Å². The molecule has 0 unspecified atom stereocenters. The van der Waals surface area contributed by atoms with Gasteiger partial charge >= 0.3 is 0 Å². The molecule has 0 bridgehead atoms. The molecule has 0 aromatic carbocycles. The lowest BCUT2D eigenvalue weighted by Crippen LogP contribution is -2.24. The van der Waals surface area contributed by atoms with Crippen molar-refractivity contribution in [3.05, 3.63) is 11.8 Å². The second-order valence-electron chi connectivity index (χ2n) is 4.56. The van der Waals surface area contributed by atoms with Gasteiger partial charge in [-0.25, -0.2) is 0 Å². The Morgan fingerprint density at radius 3 is 2.31 bits per heavy atom. The smallest absolute Gasteiger partial charge is 0.158 e. The second-order valence-corrected chi connectivity index (χ2v) is 9.77. The minimum absolute atomic E-state index is 0.0353. The van der Waals surface area contributed by atoms with E-state index in [4.69, 9.17) is 9.47 Å². The molecule has 0 saturated carbocycles. The molecule has 0 amide bonds. The van der Waals surface area contributed by atoms with Crippen LogP contribution in [0.2, 0.25) is 19.6 Å². The molecular formula is C10H20O2Si. The van der Waals surface area contributed by atoms with E-state index in [2.05, 4.69) is 26.2 Å². The second kappa shape index (κ2) is 4.40. The Hall–Kier alpha value is -0.123. The maximum absolute atomic E-state index is 5.37. The van der Waals surface area contributed by atoms with Gasteiger partial charge in [-0.05, 0) is 6.42 Å². The van der Waals surface area contributed by atoms with E-state index < -0.39 is 8.07 Å². The highest BCUT2D eigenvalue weighted by Gasteiger charge is 2.21. The predicted octanol–water partition coefficient (Wildman–Crippen LogP) is 2.57. The summed E-state index contributed by atoms with van der Waals surface area (Å²) in [4.78, 5) is 0. The zero-order chi connectivity index (χ0) is 9.90. The first-order valence-corrected chi connectivity index (χ1v) is 8.41. The van der Waals surface area contributed by atoms with E-state index >= 15 is 0 Å². The Morgan fingerprint density at radius 2 is 1.85 bits per heavy atom. The van der Waals surface area contributed by atoms with Gasteiger partial charge in [-0.15, -0.1) is 6.58 Å². The van der Waals surface area contributed by atoms with Crippen LogP contribution in [0.5, 0.6) is 0 Å². The quantitative estimate of drug-likeness (QED) is 0.649. The highest BCUT2D eigenvalue weighted by atomic mass is 28.3. The zero-order valence-electron chi connectivity index (χ0n) is 8.93. The maximum atomic E-state index is 5.37. The number of ether oxygens (including phenoxy) is 2. The summed E-state index contributed by atoms with van der Waals surface area (Å²) in [5.41, 5.74) is 0. The van der Waals surface area contributed by atoms with Crippen molar-refractivity contribution in [1.82, 2.24) is 0 Å². The van der Waals surface area contributed by atoms with Crippen LogP contribution in [0.1, 0.15) is 12.8 Å². The first-order valence-electron chi connectivity index (χ1n) is 4.91. The molecule has 76 valence electrons. The lowest BCUT2D eigenvalue weighted by molar-refractivity contribution is -0.0459. The summed E-state index contributed by atoms with van der Waals surface area (Å²) in [6, 6.07) is 0. The monoisotopic (exact) mass is 200 g/mol. The summed E-state index contributed by atoms with van der Waals surface area (Å²) in [5.74, 6) is 0. The molecule has 13 heavy (non-hydrogen) atoms. The Morgan fingerprint density at radius 1 is 1.31 bits per heavy atom. The van der Waals surface area contributed by atoms with Crippen molar-refractivity contribution in [2.45, 2.75) is 38.8 Å². The lowest BCUT2D eigenvalue weighted by Gasteiger charge is -2.20. The summed E-state index contributed by atoms with van der Waals surface area (Å²) < 4.78 is 10.7. The standard InChI is InChI=1S/C10H20O2Si/c1-9(13(2,3)4)5-6-10-11-7-8-12-10/h10H,1,5-8H2,2-4H3. The van der Waals surface area contributed by atoms with Crippen LogP contribution in [0.15, 0.2) is 11.8 Å². The van der Waals surface area contributed by atoms with Gasteiger partial charge in [0.05, 0.1) is 21.3 Å². The van der Waals surface area contributed by atoms with Crippen LogP contribution in [-0.2, 0) is 9.47 Å². The fourth-order valence-electron chi connectivity index (χ4n) is 1.24. The zero-order valence-corrected chi connectivity index (χ0v) is 9.93. The summed E-state index contributed by atoms with van der Waals surface area (Å²) in [6.45, 7) is 12.6. The fourth-order valence-corrected chi connectivity index (χ4v) is 2.14. The highest BCUT2D eigenvalue weighted by molar-refractivity contribution is 6.82. The van der Waals surface area contributed by atoms with Crippen molar-refractivity contribution >= 4 is 8.07 Å². The van der Waals surface area contributed by atoms with Gasteiger partial charge in [-0.2, -0.15) is 0 Å². The van der Waals surface area contributed by atoms with Crippen LogP contribution < -0.4 is 0 Å². The van der Waals surface area contributed by atoms with Crippen molar-refractivity contribution < 1.29 is 9.47 Å². The molecule has 1 rings (SSSR count). The lowest BCUT2D eigenvalue weighted by atomic mass is 10.3. The molecule has 0 radical (unpaired) electrons. The molecule has 1 aliphatic heterocycles. The van der Waals surface area contributed by atoms with Crippen molar-refractivity contribution in [2.24, 2.45) is 0 Å². The average molecular weight is 200 g/mol. The number of rotatable bonds is 4. The third-order valence-corrected chi connectivity index (χ3v) is 4.80. The maximum Gasteiger partial charge on any atom is 0.158 e. The summed E-state index contributed by atoms with van der Waals surface area (Å²) in [5, 5.41) is 1.41. The summed E-state index contributed by atoms with van der Waals surface area (Å²) >= 11 is 0. The van der Waals surface area contributed by atoms with E-state index in [1.165, 1.54) is 5.20 Å². The van der Waals surface area contributed by atoms with Crippen molar-refractivity contribution in [2.75, 3.05) is 13.2 Å². The van der Waals surface area contributed by atoms with E-state index in [1.54, 1.807) is 0 Å². The first-order chi connectivity index (χ1) is 6.00. The van der Waals surface area contributed by atoms with Crippen molar-refractivity contribution in [3.8, 4) is 0 Å². The molecule has 0 aliphatic carbocycles. The Labute approximate surface area is 81.9 Å². The molecule has 0 aromatic heterocycles. The molecular weight excluding hydrogens is 180 g/mol. The highest BCUT2D eigenvalue weighted by Crippen LogP contribution is 2.20. The van der Waals surface area contributed by atoms with Gasteiger partial charge in [-0.1, -0.05) is 24.8 Å². The van der Waals surface area contributed by atoms with Crippen LogP contribution in [-0.4, -0.2) is 27.6 Å². The van der Waals surface area contributed by atoms with E-state index in [1.807, 2.05) is 0 Å². The molecule has 1 fully saturated rings. The average Bonchev–Trinajstić information content (AvgIpc) is 2.50. The third kappa shape index (κ3) is 3.63. The normalized spacial score (nSPS) is 19.3. The topological polar surface area (TPSA) is 18.5 Å². The third-order valence-electron chi connectivity index (χ3n) is 2.43. The Bertz CT molecular complexity index is 178. The van der Waals surface area contributed by atoms with Crippen molar-refractivity contribution in [3.63, 3.8) is 0 Å². The number of hydrogen-bond acceptors (Lipinski definition) is 2.